The van der Waals surface area contributed by atoms with Gasteiger partial charge in [-0.1, -0.05) is 48.5 Å². The minimum Gasteiger partial charge on any atom is -0.370 e. The van der Waals surface area contributed by atoms with E-state index in [0.717, 1.165) is 65.3 Å². The molecule has 2 aliphatic rings. The summed E-state index contributed by atoms with van der Waals surface area (Å²) in [5, 5.41) is 4.37. The zero-order chi connectivity index (χ0) is 24.8. The Hall–Kier alpha value is -4.04. The van der Waals surface area contributed by atoms with Gasteiger partial charge in [0.1, 0.15) is 17.7 Å². The summed E-state index contributed by atoms with van der Waals surface area (Å²) in [6.07, 6.45) is 5.28. The number of carbonyl (C=O) groups excluding carboxylic acids is 1. The number of carbonyl (C=O) groups is 1. The first-order chi connectivity index (χ1) is 17.5. The molecule has 2 aromatic heterocycles. The number of H-pyrrole nitrogens is 1. The number of likely N-dealkylation sites (tertiary alicyclic amines) is 1. The van der Waals surface area contributed by atoms with E-state index in [1.54, 1.807) is 19.0 Å². The van der Waals surface area contributed by atoms with Crippen molar-refractivity contribution in [1.29, 1.82) is 0 Å². The summed E-state index contributed by atoms with van der Waals surface area (Å²) in [5.41, 5.74) is 12.7. The van der Waals surface area contributed by atoms with Gasteiger partial charge in [0.15, 0.2) is 0 Å². The maximum atomic E-state index is 12.4. The second-order valence-electron chi connectivity index (χ2n) is 9.79. The highest BCUT2D eigenvalue weighted by atomic mass is 16.2. The number of para-hydroxylation sites is 1. The van der Waals surface area contributed by atoms with E-state index in [0.29, 0.717) is 0 Å². The molecule has 4 heterocycles. The van der Waals surface area contributed by atoms with Gasteiger partial charge in [-0.3, -0.25) is 0 Å². The average Bonchev–Trinajstić information content (AvgIpc) is 3.51. The molecule has 2 amide bonds. The van der Waals surface area contributed by atoms with Gasteiger partial charge in [0.05, 0.1) is 16.9 Å². The van der Waals surface area contributed by atoms with Crippen molar-refractivity contribution in [3.05, 3.63) is 72.3 Å². The molecule has 0 bridgehead atoms. The molecular weight excluding hydrogens is 450 g/mol. The maximum absolute atomic E-state index is 12.4. The van der Waals surface area contributed by atoms with E-state index in [4.69, 9.17) is 10.7 Å². The van der Waals surface area contributed by atoms with Crippen molar-refractivity contribution >= 4 is 23.1 Å². The number of amides is 2. The third-order valence-corrected chi connectivity index (χ3v) is 7.28. The molecule has 8 nitrogen and oxygen atoms in total. The fourth-order valence-corrected chi connectivity index (χ4v) is 5.46. The third-order valence-electron chi connectivity index (χ3n) is 7.28. The molecule has 0 spiro atoms. The number of aromatic amines is 1. The Morgan fingerprint density at radius 3 is 2.61 bits per heavy atom. The second-order valence-corrected chi connectivity index (χ2v) is 9.79. The molecule has 0 radical (unpaired) electrons. The summed E-state index contributed by atoms with van der Waals surface area (Å²) in [6, 6.07) is 19.0. The van der Waals surface area contributed by atoms with E-state index < -0.39 is 0 Å². The largest absolute Gasteiger partial charge is 0.370 e. The van der Waals surface area contributed by atoms with Crippen LogP contribution < -0.4 is 11.1 Å². The van der Waals surface area contributed by atoms with E-state index in [9.17, 15) is 4.79 Å². The number of aromatic nitrogens is 3. The number of imidazole rings is 1. The molecule has 1 saturated heterocycles. The Kier molecular flexibility index (Phi) is 5.53. The predicted molar refractivity (Wildman–Crippen MR) is 143 cm³/mol. The molecule has 8 heteroatoms. The monoisotopic (exact) mass is 481 g/mol. The topological polar surface area (TPSA) is 95.2 Å². The number of fused-ring (bicyclic) bond motifs is 2. The number of rotatable bonds is 3. The smallest absolute Gasteiger partial charge is 0.319 e. The zero-order valence-electron chi connectivity index (χ0n) is 20.6. The molecular formula is C28H31N7O. The molecule has 6 rings (SSSR count). The predicted octanol–water partition coefficient (Wildman–Crippen LogP) is 4.55. The van der Waals surface area contributed by atoms with Crippen LogP contribution in [0.1, 0.15) is 36.4 Å². The third kappa shape index (κ3) is 3.74. The van der Waals surface area contributed by atoms with Crippen molar-refractivity contribution in [2.75, 3.05) is 27.2 Å². The number of hydrogen-bond acceptors (Lipinski definition) is 4. The van der Waals surface area contributed by atoms with Crippen LogP contribution in [0.25, 0.3) is 39.6 Å². The van der Waals surface area contributed by atoms with E-state index in [1.165, 1.54) is 5.56 Å². The highest BCUT2D eigenvalue weighted by Gasteiger charge is 2.32. The van der Waals surface area contributed by atoms with Crippen LogP contribution in [-0.4, -0.2) is 57.6 Å². The van der Waals surface area contributed by atoms with Crippen LogP contribution in [0, 0.1) is 0 Å². The molecule has 0 saturated carbocycles. The number of urea groups is 1. The van der Waals surface area contributed by atoms with Crippen molar-refractivity contribution in [1.82, 2.24) is 29.7 Å². The lowest BCUT2D eigenvalue weighted by molar-refractivity contribution is 0.155. The quantitative estimate of drug-likeness (QED) is 0.400. The van der Waals surface area contributed by atoms with Crippen LogP contribution in [-0.2, 0) is 0 Å². The lowest BCUT2D eigenvalue weighted by Gasteiger charge is -2.33. The van der Waals surface area contributed by atoms with Gasteiger partial charge >= 0.3 is 6.03 Å². The fourth-order valence-electron chi connectivity index (χ4n) is 5.46. The van der Waals surface area contributed by atoms with E-state index in [2.05, 4.69) is 63.4 Å². The summed E-state index contributed by atoms with van der Waals surface area (Å²) < 4.78 is 2.15. The number of nitrogens with two attached hydrogens (primary N) is 1. The van der Waals surface area contributed by atoms with Gasteiger partial charge in [-0.05, 0) is 24.5 Å². The average molecular weight is 482 g/mol. The summed E-state index contributed by atoms with van der Waals surface area (Å²) in [6.45, 7) is 1.44. The Balaban J connectivity index is 1.40. The number of benzene rings is 2. The first-order valence-corrected chi connectivity index (χ1v) is 12.5. The van der Waals surface area contributed by atoms with Crippen molar-refractivity contribution < 1.29 is 4.79 Å². The van der Waals surface area contributed by atoms with Gasteiger partial charge in [0.25, 0.3) is 0 Å². The van der Waals surface area contributed by atoms with E-state index >= 15 is 0 Å². The Labute approximate surface area is 210 Å². The summed E-state index contributed by atoms with van der Waals surface area (Å²) in [4.78, 5) is 24.8. The van der Waals surface area contributed by atoms with Gasteiger partial charge in [-0.2, -0.15) is 0 Å². The van der Waals surface area contributed by atoms with Gasteiger partial charge in [-0.25, -0.2) is 9.78 Å². The Morgan fingerprint density at radius 1 is 1.08 bits per heavy atom. The minimum absolute atomic E-state index is 0.0673. The van der Waals surface area contributed by atoms with E-state index in [-0.39, 0.29) is 18.1 Å². The van der Waals surface area contributed by atoms with E-state index in [1.807, 2.05) is 23.4 Å². The van der Waals surface area contributed by atoms with Gasteiger partial charge < -0.3 is 30.4 Å². The molecule has 1 fully saturated rings. The number of nitrogens with zero attached hydrogens (tertiary/aromatic N) is 4. The van der Waals surface area contributed by atoms with Crippen LogP contribution in [0.3, 0.4) is 0 Å². The van der Waals surface area contributed by atoms with Crippen LogP contribution in [0.2, 0.25) is 0 Å². The van der Waals surface area contributed by atoms with Gasteiger partial charge in [-0.15, -0.1) is 0 Å². The standard InChI is InChI=1S/C28H31N7O/c1-33(2)28(36)34-14-11-19(12-15-34)27-32-24(25-26(29)30-13-16-35(25)27)22-17-20-9-6-10-21(23(20)31-22)18-7-4-3-5-8-18/h3-10,13,16-17,19,26,30-31H,11-12,14-15,29H2,1-2H3. The summed E-state index contributed by atoms with van der Waals surface area (Å²) >= 11 is 0. The van der Waals surface area contributed by atoms with Crippen molar-refractivity contribution in [3.63, 3.8) is 0 Å². The summed E-state index contributed by atoms with van der Waals surface area (Å²) in [7, 11) is 3.60. The number of hydrogen-bond donors (Lipinski definition) is 3. The molecule has 2 aromatic carbocycles. The molecule has 1 atom stereocenters. The Morgan fingerprint density at radius 2 is 1.86 bits per heavy atom. The SMILES string of the molecule is CN(C)C(=O)N1CCC(c2nc(-c3cc4cccc(-c5ccccc5)c4[nH]3)c3n2C=CNC3N)CC1. The number of piperidine rings is 1. The van der Waals surface area contributed by atoms with Crippen LogP contribution in [0.4, 0.5) is 4.79 Å². The second kappa shape index (κ2) is 8.87. The molecule has 1 unspecified atom stereocenters. The lowest BCUT2D eigenvalue weighted by atomic mass is 9.96. The molecule has 184 valence electrons. The molecule has 0 aliphatic carbocycles. The highest BCUT2D eigenvalue weighted by molar-refractivity contribution is 5.97. The molecule has 2 aliphatic heterocycles. The highest BCUT2D eigenvalue weighted by Crippen LogP contribution is 2.38. The maximum Gasteiger partial charge on any atom is 0.319 e. The van der Waals surface area contributed by atoms with Crippen LogP contribution in [0.15, 0.2) is 60.8 Å². The van der Waals surface area contributed by atoms with Crippen molar-refractivity contribution in [3.8, 4) is 22.5 Å². The van der Waals surface area contributed by atoms with Gasteiger partial charge in [0.2, 0.25) is 0 Å². The fraction of sp³-hybridized carbons (Fsp3) is 0.286. The molecule has 36 heavy (non-hydrogen) atoms. The Bertz CT molecular complexity index is 1440. The van der Waals surface area contributed by atoms with Crippen molar-refractivity contribution in [2.45, 2.75) is 24.9 Å². The molecule has 4 aromatic rings. The minimum atomic E-state index is -0.360. The van der Waals surface area contributed by atoms with Crippen molar-refractivity contribution in [2.24, 2.45) is 5.73 Å². The van der Waals surface area contributed by atoms with Crippen LogP contribution >= 0.6 is 0 Å². The van der Waals surface area contributed by atoms with Crippen LogP contribution in [0.5, 0.6) is 0 Å². The lowest BCUT2D eigenvalue weighted by Crippen LogP contribution is -2.43. The normalized spacial score (nSPS) is 17.8. The van der Waals surface area contributed by atoms with Gasteiger partial charge in [0, 0.05) is 56.5 Å². The number of nitrogens with one attached hydrogen (secondary N) is 2. The molecule has 4 N–H and O–H groups in total. The first-order valence-electron chi connectivity index (χ1n) is 12.5. The zero-order valence-corrected chi connectivity index (χ0v) is 20.6. The summed E-state index contributed by atoms with van der Waals surface area (Å²) in [5.74, 6) is 1.26. The first kappa shape index (κ1) is 22.4.